The van der Waals surface area contributed by atoms with Gasteiger partial charge < -0.3 is 0 Å². The standard InChI is InChI=1S/C22H27N/c1-2-3-4-6-19-8-12-21(13-9-19)16-17-22-14-10-20(11-15-22)7-5-18-23/h8-15H,2-7,16-17H2,1H3. The highest BCUT2D eigenvalue weighted by Crippen LogP contribution is 2.13. The van der Waals surface area contributed by atoms with Crippen molar-refractivity contribution in [1.82, 2.24) is 0 Å². The zero-order valence-electron chi connectivity index (χ0n) is 14.2. The molecule has 0 fully saturated rings. The molecule has 0 saturated carbocycles. The second-order valence-electron chi connectivity index (χ2n) is 6.25. The van der Waals surface area contributed by atoms with Crippen molar-refractivity contribution in [2.75, 3.05) is 0 Å². The molecule has 1 heteroatoms. The highest BCUT2D eigenvalue weighted by Gasteiger charge is 1.99. The molecule has 0 heterocycles. The molecule has 0 amide bonds. The van der Waals surface area contributed by atoms with Crippen LogP contribution in [0.5, 0.6) is 0 Å². The third-order valence-corrected chi connectivity index (χ3v) is 4.34. The largest absolute Gasteiger partial charge is 0.198 e. The first kappa shape index (κ1) is 17.3. The van der Waals surface area contributed by atoms with Gasteiger partial charge in [-0.3, -0.25) is 0 Å². The van der Waals surface area contributed by atoms with Crippen LogP contribution < -0.4 is 0 Å². The zero-order valence-corrected chi connectivity index (χ0v) is 14.2. The Balaban J connectivity index is 1.80. The summed E-state index contributed by atoms with van der Waals surface area (Å²) in [7, 11) is 0. The lowest BCUT2D eigenvalue weighted by atomic mass is 10.00. The van der Waals surface area contributed by atoms with E-state index in [1.165, 1.54) is 47.9 Å². The van der Waals surface area contributed by atoms with Crippen LogP contribution in [0, 0.1) is 11.3 Å². The van der Waals surface area contributed by atoms with Gasteiger partial charge in [-0.25, -0.2) is 0 Å². The number of benzene rings is 2. The van der Waals surface area contributed by atoms with Crippen LogP contribution in [0.1, 0.15) is 54.9 Å². The number of unbranched alkanes of at least 4 members (excludes halogenated alkanes) is 2. The van der Waals surface area contributed by atoms with Crippen molar-refractivity contribution in [2.24, 2.45) is 0 Å². The molecule has 0 spiro atoms. The van der Waals surface area contributed by atoms with E-state index < -0.39 is 0 Å². The van der Waals surface area contributed by atoms with Gasteiger partial charge in [0.2, 0.25) is 0 Å². The lowest BCUT2D eigenvalue weighted by Gasteiger charge is -2.06. The molecule has 0 N–H and O–H groups in total. The van der Waals surface area contributed by atoms with Gasteiger partial charge >= 0.3 is 0 Å². The van der Waals surface area contributed by atoms with Crippen molar-refractivity contribution in [3.63, 3.8) is 0 Å². The number of hydrogen-bond donors (Lipinski definition) is 0. The molecule has 1 nitrogen and oxygen atoms in total. The van der Waals surface area contributed by atoms with Crippen molar-refractivity contribution >= 4 is 0 Å². The molecule has 0 radical (unpaired) electrons. The summed E-state index contributed by atoms with van der Waals surface area (Å²) in [6.45, 7) is 2.25. The highest BCUT2D eigenvalue weighted by molar-refractivity contribution is 5.26. The van der Waals surface area contributed by atoms with E-state index in [0.717, 1.165) is 19.3 Å². The summed E-state index contributed by atoms with van der Waals surface area (Å²) in [5.74, 6) is 0. The van der Waals surface area contributed by atoms with Crippen LogP contribution in [0.3, 0.4) is 0 Å². The minimum Gasteiger partial charge on any atom is -0.198 e. The minimum atomic E-state index is 0.601. The Hall–Kier alpha value is -2.07. The van der Waals surface area contributed by atoms with Gasteiger partial charge in [-0.2, -0.15) is 5.26 Å². The third kappa shape index (κ3) is 6.28. The molecule has 120 valence electrons. The van der Waals surface area contributed by atoms with Gasteiger partial charge in [-0.05, 0) is 54.4 Å². The van der Waals surface area contributed by atoms with Crippen LogP contribution in [0.4, 0.5) is 0 Å². The first-order valence-corrected chi connectivity index (χ1v) is 8.84. The lowest BCUT2D eigenvalue weighted by molar-refractivity contribution is 0.717. The van der Waals surface area contributed by atoms with E-state index in [1.807, 2.05) is 0 Å². The van der Waals surface area contributed by atoms with Crippen LogP contribution in [0.2, 0.25) is 0 Å². The number of hydrogen-bond acceptors (Lipinski definition) is 1. The molecule has 23 heavy (non-hydrogen) atoms. The molecule has 0 aliphatic rings. The Labute approximate surface area is 141 Å². The van der Waals surface area contributed by atoms with Gasteiger partial charge in [-0.1, -0.05) is 68.3 Å². The monoisotopic (exact) mass is 305 g/mol. The van der Waals surface area contributed by atoms with Crippen molar-refractivity contribution in [3.05, 3.63) is 70.8 Å². The highest BCUT2D eigenvalue weighted by atomic mass is 14.2. The van der Waals surface area contributed by atoms with Gasteiger partial charge in [-0.15, -0.1) is 0 Å². The fraction of sp³-hybridized carbons (Fsp3) is 0.409. The molecule has 2 rings (SSSR count). The Morgan fingerprint density at radius 3 is 1.52 bits per heavy atom. The fourth-order valence-electron chi connectivity index (χ4n) is 2.81. The molecular formula is C22H27N. The van der Waals surface area contributed by atoms with Crippen molar-refractivity contribution in [3.8, 4) is 6.07 Å². The molecule has 2 aromatic carbocycles. The quantitative estimate of drug-likeness (QED) is 0.548. The molecule has 0 bridgehead atoms. The van der Waals surface area contributed by atoms with E-state index in [1.54, 1.807) is 0 Å². The summed E-state index contributed by atoms with van der Waals surface area (Å²) in [4.78, 5) is 0. The minimum absolute atomic E-state index is 0.601. The van der Waals surface area contributed by atoms with Gasteiger partial charge in [0.15, 0.2) is 0 Å². The molecule has 0 unspecified atom stereocenters. The maximum atomic E-state index is 8.62. The first-order valence-electron chi connectivity index (χ1n) is 8.84. The van der Waals surface area contributed by atoms with E-state index in [9.17, 15) is 0 Å². The lowest BCUT2D eigenvalue weighted by Crippen LogP contribution is -1.93. The first-order chi connectivity index (χ1) is 11.3. The van der Waals surface area contributed by atoms with Gasteiger partial charge in [0.05, 0.1) is 6.07 Å². The number of aryl methyl sites for hydroxylation is 4. The number of rotatable bonds is 9. The summed E-state index contributed by atoms with van der Waals surface area (Å²) in [5, 5.41) is 8.62. The average Bonchev–Trinajstić information content (AvgIpc) is 2.60. The molecule has 0 atom stereocenters. The van der Waals surface area contributed by atoms with Gasteiger partial charge in [0.25, 0.3) is 0 Å². The van der Waals surface area contributed by atoms with Gasteiger partial charge in [0, 0.05) is 6.42 Å². The van der Waals surface area contributed by atoms with Crippen molar-refractivity contribution in [2.45, 2.75) is 58.3 Å². The Morgan fingerprint density at radius 1 is 0.652 bits per heavy atom. The molecule has 2 aromatic rings. The Morgan fingerprint density at radius 2 is 1.09 bits per heavy atom. The van der Waals surface area contributed by atoms with Crippen LogP contribution in [-0.4, -0.2) is 0 Å². The maximum absolute atomic E-state index is 8.62. The van der Waals surface area contributed by atoms with Crippen molar-refractivity contribution in [1.29, 1.82) is 5.26 Å². The molecule has 0 aromatic heterocycles. The second-order valence-corrected chi connectivity index (χ2v) is 6.25. The number of nitrogens with zero attached hydrogens (tertiary/aromatic N) is 1. The van der Waals surface area contributed by atoms with Crippen LogP contribution in [0.15, 0.2) is 48.5 Å². The second kappa shape index (κ2) is 9.85. The molecule has 0 saturated heterocycles. The molecule has 0 aliphatic heterocycles. The van der Waals surface area contributed by atoms with Gasteiger partial charge in [0.1, 0.15) is 0 Å². The Kier molecular flexibility index (Phi) is 7.40. The predicted molar refractivity (Wildman–Crippen MR) is 97.5 cm³/mol. The molecule has 0 aliphatic carbocycles. The maximum Gasteiger partial charge on any atom is 0.0625 e. The summed E-state index contributed by atoms with van der Waals surface area (Å²) in [6.07, 6.45) is 8.74. The van der Waals surface area contributed by atoms with E-state index >= 15 is 0 Å². The smallest absolute Gasteiger partial charge is 0.0625 e. The Bertz CT molecular complexity index is 602. The van der Waals surface area contributed by atoms with Crippen LogP contribution in [0.25, 0.3) is 0 Å². The SMILES string of the molecule is CCCCCc1ccc(CCc2ccc(CCC#N)cc2)cc1. The summed E-state index contributed by atoms with van der Waals surface area (Å²) in [6, 6.07) is 20.0. The van der Waals surface area contributed by atoms with Crippen molar-refractivity contribution < 1.29 is 0 Å². The van der Waals surface area contributed by atoms with E-state index in [0.29, 0.717) is 6.42 Å². The summed E-state index contributed by atoms with van der Waals surface area (Å²) >= 11 is 0. The van der Waals surface area contributed by atoms with E-state index in [4.69, 9.17) is 5.26 Å². The van der Waals surface area contributed by atoms with E-state index in [2.05, 4.69) is 61.5 Å². The average molecular weight is 305 g/mol. The predicted octanol–water partition coefficient (Wildman–Crippen LogP) is 5.66. The van der Waals surface area contributed by atoms with Crippen LogP contribution in [-0.2, 0) is 25.7 Å². The normalized spacial score (nSPS) is 10.4. The number of nitriles is 1. The van der Waals surface area contributed by atoms with E-state index in [-0.39, 0.29) is 0 Å². The van der Waals surface area contributed by atoms with Crippen LogP contribution >= 0.6 is 0 Å². The fourth-order valence-corrected chi connectivity index (χ4v) is 2.81. The summed E-state index contributed by atoms with van der Waals surface area (Å²) in [5.41, 5.74) is 5.51. The zero-order chi connectivity index (χ0) is 16.3. The summed E-state index contributed by atoms with van der Waals surface area (Å²) < 4.78 is 0. The third-order valence-electron chi connectivity index (χ3n) is 4.34. The topological polar surface area (TPSA) is 23.8 Å². The molecular weight excluding hydrogens is 278 g/mol.